The first-order chi connectivity index (χ1) is 10.6. The molecule has 0 radical (unpaired) electrons. The van der Waals surface area contributed by atoms with Crippen molar-refractivity contribution in [1.29, 1.82) is 0 Å². The molecule has 0 atom stereocenters. The number of hydrogen-bond acceptors (Lipinski definition) is 2. The Hall–Kier alpha value is -2.20. The van der Waals surface area contributed by atoms with Crippen LogP contribution in [0.2, 0.25) is 5.02 Å². The van der Waals surface area contributed by atoms with Crippen molar-refractivity contribution in [3.8, 4) is 5.75 Å². The Morgan fingerprint density at radius 1 is 1.18 bits per heavy atom. The summed E-state index contributed by atoms with van der Waals surface area (Å²) in [5.74, 6) is 0.694. The van der Waals surface area contributed by atoms with Crippen LogP contribution in [0.4, 0.5) is 4.79 Å². The first-order valence-corrected chi connectivity index (χ1v) is 7.44. The zero-order valence-corrected chi connectivity index (χ0v) is 13.2. The molecule has 0 fully saturated rings. The van der Waals surface area contributed by atoms with Crippen LogP contribution in [-0.4, -0.2) is 31.1 Å². The molecule has 2 aromatic carbocycles. The molecular weight excluding hydrogens is 300 g/mol. The molecule has 1 N–H and O–H groups in total. The maximum absolute atomic E-state index is 12.0. The summed E-state index contributed by atoms with van der Waals surface area (Å²) in [5, 5.41) is 3.45. The number of benzene rings is 2. The number of amides is 2. The van der Waals surface area contributed by atoms with Gasteiger partial charge in [0.05, 0.1) is 6.54 Å². The maximum atomic E-state index is 12.0. The van der Waals surface area contributed by atoms with Crippen LogP contribution < -0.4 is 10.1 Å². The van der Waals surface area contributed by atoms with Crippen molar-refractivity contribution in [3.05, 3.63) is 65.2 Å². The summed E-state index contributed by atoms with van der Waals surface area (Å²) in [6.07, 6.45) is 0. The van der Waals surface area contributed by atoms with E-state index in [1.165, 1.54) is 0 Å². The minimum Gasteiger partial charge on any atom is -0.492 e. The lowest BCUT2D eigenvalue weighted by atomic mass is 10.2. The number of urea groups is 1. The van der Waals surface area contributed by atoms with Gasteiger partial charge in [0.2, 0.25) is 0 Å². The Morgan fingerprint density at radius 3 is 2.68 bits per heavy atom. The SMILES string of the molecule is CN(Cc1ccccc1)C(=O)NCCOc1cccc(Cl)c1. The molecule has 0 aliphatic rings. The predicted octanol–water partition coefficient (Wildman–Crippen LogP) is 3.56. The van der Waals surface area contributed by atoms with Crippen LogP contribution in [0.3, 0.4) is 0 Å². The van der Waals surface area contributed by atoms with Crippen LogP contribution in [0.15, 0.2) is 54.6 Å². The van der Waals surface area contributed by atoms with Gasteiger partial charge in [-0.15, -0.1) is 0 Å². The van der Waals surface area contributed by atoms with Gasteiger partial charge in [0.15, 0.2) is 0 Å². The van der Waals surface area contributed by atoms with Gasteiger partial charge in [-0.2, -0.15) is 0 Å². The van der Waals surface area contributed by atoms with E-state index in [4.69, 9.17) is 16.3 Å². The smallest absolute Gasteiger partial charge is 0.317 e. The fourth-order valence-corrected chi connectivity index (χ4v) is 2.13. The molecule has 2 rings (SSSR count). The van der Waals surface area contributed by atoms with Gasteiger partial charge in [0, 0.05) is 18.6 Å². The van der Waals surface area contributed by atoms with Crippen LogP contribution in [0.25, 0.3) is 0 Å². The molecule has 22 heavy (non-hydrogen) atoms. The highest BCUT2D eigenvalue weighted by atomic mass is 35.5. The quantitative estimate of drug-likeness (QED) is 0.827. The van der Waals surface area contributed by atoms with Gasteiger partial charge in [-0.1, -0.05) is 48.0 Å². The van der Waals surface area contributed by atoms with Crippen LogP contribution in [0.5, 0.6) is 5.75 Å². The van der Waals surface area contributed by atoms with Crippen molar-refractivity contribution in [2.45, 2.75) is 6.54 Å². The average Bonchev–Trinajstić information content (AvgIpc) is 2.52. The number of halogens is 1. The number of rotatable bonds is 6. The first kappa shape index (κ1) is 16.2. The van der Waals surface area contributed by atoms with Gasteiger partial charge in [0.25, 0.3) is 0 Å². The van der Waals surface area contributed by atoms with Gasteiger partial charge in [-0.05, 0) is 23.8 Å². The third-order valence-electron chi connectivity index (χ3n) is 3.05. The molecule has 0 saturated heterocycles. The third kappa shape index (κ3) is 5.30. The summed E-state index contributed by atoms with van der Waals surface area (Å²) in [6.45, 7) is 1.40. The number of nitrogens with one attached hydrogen (secondary N) is 1. The summed E-state index contributed by atoms with van der Waals surface area (Å²) in [6, 6.07) is 16.9. The molecule has 5 heteroatoms. The van der Waals surface area contributed by atoms with Crippen molar-refractivity contribution < 1.29 is 9.53 Å². The van der Waals surface area contributed by atoms with Crippen molar-refractivity contribution in [2.24, 2.45) is 0 Å². The monoisotopic (exact) mass is 318 g/mol. The van der Waals surface area contributed by atoms with Crippen molar-refractivity contribution in [3.63, 3.8) is 0 Å². The Labute approximate surface area is 135 Å². The van der Waals surface area contributed by atoms with Gasteiger partial charge in [0.1, 0.15) is 12.4 Å². The second-order valence-electron chi connectivity index (χ2n) is 4.88. The standard InChI is InChI=1S/C17H19ClN2O2/c1-20(13-14-6-3-2-4-7-14)17(21)19-10-11-22-16-9-5-8-15(18)12-16/h2-9,12H,10-11,13H2,1H3,(H,19,21). The molecule has 116 valence electrons. The van der Waals surface area contributed by atoms with E-state index in [9.17, 15) is 4.79 Å². The molecule has 0 aliphatic carbocycles. The lowest BCUT2D eigenvalue weighted by molar-refractivity contribution is 0.203. The lowest BCUT2D eigenvalue weighted by Gasteiger charge is -2.18. The average molecular weight is 319 g/mol. The van der Waals surface area contributed by atoms with Gasteiger partial charge >= 0.3 is 6.03 Å². The van der Waals surface area contributed by atoms with E-state index >= 15 is 0 Å². The molecule has 4 nitrogen and oxygen atoms in total. The zero-order valence-electron chi connectivity index (χ0n) is 12.5. The number of hydrogen-bond donors (Lipinski definition) is 1. The number of nitrogens with zero attached hydrogens (tertiary/aromatic N) is 1. The minimum atomic E-state index is -0.126. The normalized spacial score (nSPS) is 10.1. The first-order valence-electron chi connectivity index (χ1n) is 7.06. The number of ether oxygens (including phenoxy) is 1. The van der Waals surface area contributed by atoms with Crippen molar-refractivity contribution in [1.82, 2.24) is 10.2 Å². The minimum absolute atomic E-state index is 0.126. The zero-order chi connectivity index (χ0) is 15.8. The Morgan fingerprint density at radius 2 is 1.95 bits per heavy atom. The van der Waals surface area contributed by atoms with Crippen molar-refractivity contribution in [2.75, 3.05) is 20.2 Å². The Kier molecular flexibility index (Phi) is 6.10. The van der Waals surface area contributed by atoms with E-state index in [1.807, 2.05) is 42.5 Å². The van der Waals surface area contributed by atoms with E-state index in [1.54, 1.807) is 24.1 Å². The molecule has 0 unspecified atom stereocenters. The summed E-state index contributed by atoms with van der Waals surface area (Å²) >= 11 is 5.87. The van der Waals surface area contributed by atoms with Crippen LogP contribution in [0, 0.1) is 0 Å². The van der Waals surface area contributed by atoms with Crippen LogP contribution in [-0.2, 0) is 6.54 Å². The fraction of sp³-hybridized carbons (Fsp3) is 0.235. The second kappa shape index (κ2) is 8.29. The van der Waals surface area contributed by atoms with Gasteiger partial charge in [-0.3, -0.25) is 0 Å². The highest BCUT2D eigenvalue weighted by molar-refractivity contribution is 6.30. The summed E-state index contributed by atoms with van der Waals surface area (Å²) in [4.78, 5) is 13.6. The number of carbonyl (C=O) groups is 1. The third-order valence-corrected chi connectivity index (χ3v) is 3.29. The van der Waals surface area contributed by atoms with Crippen LogP contribution >= 0.6 is 11.6 Å². The lowest BCUT2D eigenvalue weighted by Crippen LogP contribution is -2.38. The Bertz CT molecular complexity index is 605. The van der Waals surface area contributed by atoms with E-state index < -0.39 is 0 Å². The molecule has 0 saturated carbocycles. The summed E-state index contributed by atoms with van der Waals surface area (Å²) < 4.78 is 5.52. The van der Waals surface area contributed by atoms with Gasteiger partial charge in [-0.25, -0.2) is 4.79 Å². The highest BCUT2D eigenvalue weighted by Gasteiger charge is 2.08. The Balaban J connectivity index is 1.69. The summed E-state index contributed by atoms with van der Waals surface area (Å²) in [5.41, 5.74) is 1.09. The topological polar surface area (TPSA) is 41.6 Å². The maximum Gasteiger partial charge on any atom is 0.317 e. The summed E-state index contributed by atoms with van der Waals surface area (Å²) in [7, 11) is 1.76. The van der Waals surface area contributed by atoms with E-state index in [-0.39, 0.29) is 6.03 Å². The largest absolute Gasteiger partial charge is 0.492 e. The predicted molar refractivity (Wildman–Crippen MR) is 88.3 cm³/mol. The molecule has 0 heterocycles. The van der Waals surface area contributed by atoms with Gasteiger partial charge < -0.3 is 15.0 Å². The number of carbonyl (C=O) groups excluding carboxylic acids is 1. The van der Waals surface area contributed by atoms with E-state index in [0.29, 0.717) is 30.5 Å². The molecule has 0 aromatic heterocycles. The second-order valence-corrected chi connectivity index (χ2v) is 5.32. The molecule has 2 aromatic rings. The van der Waals surface area contributed by atoms with E-state index in [0.717, 1.165) is 5.56 Å². The fourth-order valence-electron chi connectivity index (χ4n) is 1.95. The molecule has 0 bridgehead atoms. The van der Waals surface area contributed by atoms with Crippen LogP contribution in [0.1, 0.15) is 5.56 Å². The molecule has 0 spiro atoms. The van der Waals surface area contributed by atoms with Crippen molar-refractivity contribution >= 4 is 17.6 Å². The highest BCUT2D eigenvalue weighted by Crippen LogP contribution is 2.16. The molecule has 2 amide bonds. The molecule has 0 aliphatic heterocycles. The molecular formula is C17H19ClN2O2. The van der Waals surface area contributed by atoms with E-state index in [2.05, 4.69) is 5.32 Å².